The minimum Gasteiger partial charge on any atom is -0.450 e. The Morgan fingerprint density at radius 1 is 1.31 bits per heavy atom. The van der Waals surface area contributed by atoms with E-state index in [2.05, 4.69) is 15.0 Å². The van der Waals surface area contributed by atoms with E-state index in [1.807, 2.05) is 0 Å². The molecule has 0 unspecified atom stereocenters. The second kappa shape index (κ2) is 9.86. The molecule has 16 heavy (non-hydrogen) atoms. The van der Waals surface area contributed by atoms with Crippen molar-refractivity contribution in [3.63, 3.8) is 0 Å². The smallest absolute Gasteiger partial charge is 0.413 e. The summed E-state index contributed by atoms with van der Waals surface area (Å²) in [6.45, 7) is 2.34. The van der Waals surface area contributed by atoms with Gasteiger partial charge in [0.2, 0.25) is 12.0 Å². The van der Waals surface area contributed by atoms with Gasteiger partial charge in [-0.1, -0.05) is 6.42 Å². The molecule has 0 saturated heterocycles. The van der Waals surface area contributed by atoms with Crippen LogP contribution in [0.1, 0.15) is 32.6 Å². The van der Waals surface area contributed by atoms with Crippen LogP contribution in [-0.2, 0) is 14.3 Å². The molecule has 0 aromatic heterocycles. The summed E-state index contributed by atoms with van der Waals surface area (Å²) in [5, 5.41) is 2.10. The molecule has 0 aliphatic heterocycles. The molecule has 0 aromatic rings. The number of isocyanates is 1. The average Bonchev–Trinajstić information content (AvgIpc) is 2.23. The number of imide groups is 1. The first-order valence-electron chi connectivity index (χ1n) is 5.21. The van der Waals surface area contributed by atoms with E-state index in [0.717, 1.165) is 12.8 Å². The van der Waals surface area contributed by atoms with Crippen LogP contribution >= 0.6 is 0 Å². The van der Waals surface area contributed by atoms with Gasteiger partial charge >= 0.3 is 6.09 Å². The summed E-state index contributed by atoms with van der Waals surface area (Å²) < 4.78 is 4.54. The van der Waals surface area contributed by atoms with Crippen LogP contribution in [0.5, 0.6) is 0 Å². The number of ether oxygens (including phenoxy) is 1. The van der Waals surface area contributed by atoms with E-state index in [4.69, 9.17) is 0 Å². The van der Waals surface area contributed by atoms with E-state index in [0.29, 0.717) is 13.0 Å². The fraction of sp³-hybridized carbons (Fsp3) is 0.700. The van der Waals surface area contributed by atoms with Crippen LogP contribution in [0.15, 0.2) is 4.99 Å². The third-order valence-corrected chi connectivity index (χ3v) is 1.76. The first-order chi connectivity index (χ1) is 7.70. The minimum atomic E-state index is -0.710. The lowest BCUT2D eigenvalue weighted by Crippen LogP contribution is -2.30. The van der Waals surface area contributed by atoms with E-state index in [-0.39, 0.29) is 18.9 Å². The quantitative estimate of drug-likeness (QED) is 0.402. The van der Waals surface area contributed by atoms with Gasteiger partial charge in [-0.2, -0.15) is 0 Å². The maximum absolute atomic E-state index is 11.1. The highest BCUT2D eigenvalue weighted by molar-refractivity contribution is 5.91. The lowest BCUT2D eigenvalue weighted by molar-refractivity contribution is -0.120. The lowest BCUT2D eigenvalue weighted by Gasteiger charge is -2.03. The van der Waals surface area contributed by atoms with Gasteiger partial charge in [0, 0.05) is 6.42 Å². The summed E-state index contributed by atoms with van der Waals surface area (Å²) in [5.41, 5.74) is 0. The molecule has 6 heteroatoms. The normalized spacial score (nSPS) is 9.06. The van der Waals surface area contributed by atoms with E-state index in [1.165, 1.54) is 6.08 Å². The van der Waals surface area contributed by atoms with Crippen LogP contribution in [0.2, 0.25) is 0 Å². The Morgan fingerprint density at radius 3 is 2.69 bits per heavy atom. The fourth-order valence-electron chi connectivity index (χ4n) is 1.04. The maximum Gasteiger partial charge on any atom is 0.413 e. The summed E-state index contributed by atoms with van der Waals surface area (Å²) in [6, 6.07) is 0. The number of nitrogens with zero attached hydrogens (tertiary/aromatic N) is 1. The van der Waals surface area contributed by atoms with Crippen LogP contribution in [-0.4, -0.2) is 31.2 Å². The monoisotopic (exact) mass is 228 g/mol. The molecule has 0 atom stereocenters. The second-order valence-corrected chi connectivity index (χ2v) is 3.05. The Bertz CT molecular complexity index is 272. The van der Waals surface area contributed by atoms with Crippen molar-refractivity contribution < 1.29 is 19.1 Å². The Labute approximate surface area is 94.1 Å². The van der Waals surface area contributed by atoms with Crippen LogP contribution in [0.3, 0.4) is 0 Å². The predicted molar refractivity (Wildman–Crippen MR) is 56.6 cm³/mol. The number of nitrogens with one attached hydrogen (secondary N) is 1. The van der Waals surface area contributed by atoms with Gasteiger partial charge in [-0.05, 0) is 19.8 Å². The third-order valence-electron chi connectivity index (χ3n) is 1.76. The van der Waals surface area contributed by atoms with E-state index >= 15 is 0 Å². The van der Waals surface area contributed by atoms with Gasteiger partial charge in [0.1, 0.15) is 0 Å². The van der Waals surface area contributed by atoms with Gasteiger partial charge in [-0.3, -0.25) is 10.1 Å². The molecule has 0 rings (SSSR count). The first-order valence-corrected chi connectivity index (χ1v) is 5.21. The summed E-state index contributed by atoms with van der Waals surface area (Å²) in [7, 11) is 0. The van der Waals surface area contributed by atoms with Crippen LogP contribution in [0.4, 0.5) is 4.79 Å². The summed E-state index contributed by atoms with van der Waals surface area (Å²) in [6.07, 6.45) is 3.17. The molecular formula is C10H16N2O4. The zero-order valence-electron chi connectivity index (χ0n) is 9.32. The van der Waals surface area contributed by atoms with Crippen molar-refractivity contribution in [3.05, 3.63) is 0 Å². The van der Waals surface area contributed by atoms with Gasteiger partial charge in [0.25, 0.3) is 0 Å². The Morgan fingerprint density at radius 2 is 2.06 bits per heavy atom. The van der Waals surface area contributed by atoms with Gasteiger partial charge in [-0.25, -0.2) is 14.6 Å². The molecule has 6 nitrogen and oxygen atoms in total. The molecule has 0 aliphatic rings. The Balaban J connectivity index is 3.43. The maximum atomic E-state index is 11.1. The number of carbonyl (C=O) groups is 2. The minimum absolute atomic E-state index is 0.239. The fourth-order valence-corrected chi connectivity index (χ4v) is 1.04. The van der Waals surface area contributed by atoms with Crippen molar-refractivity contribution in [1.29, 1.82) is 0 Å². The topological polar surface area (TPSA) is 84.8 Å². The van der Waals surface area contributed by atoms with Crippen molar-refractivity contribution in [3.8, 4) is 0 Å². The standard InChI is InChI=1S/C10H16N2O4/c1-2-16-10(15)12-9(14)6-4-3-5-7-11-8-13/h2-7H2,1H3,(H,12,14,15). The van der Waals surface area contributed by atoms with Crippen molar-refractivity contribution in [2.75, 3.05) is 13.2 Å². The molecule has 0 bridgehead atoms. The first kappa shape index (κ1) is 14.3. The highest BCUT2D eigenvalue weighted by Gasteiger charge is 2.06. The zero-order chi connectivity index (χ0) is 12.2. The van der Waals surface area contributed by atoms with E-state index < -0.39 is 6.09 Å². The average molecular weight is 228 g/mol. The number of alkyl carbamates (subject to hydrolysis) is 1. The third kappa shape index (κ3) is 8.90. The number of hydrogen-bond acceptors (Lipinski definition) is 5. The molecule has 0 fully saturated rings. The Kier molecular flexibility index (Phi) is 8.82. The van der Waals surface area contributed by atoms with Crippen LogP contribution in [0, 0.1) is 0 Å². The molecule has 0 aliphatic carbocycles. The second-order valence-electron chi connectivity index (χ2n) is 3.05. The van der Waals surface area contributed by atoms with E-state index in [1.54, 1.807) is 6.92 Å². The van der Waals surface area contributed by atoms with Crippen LogP contribution in [0.25, 0.3) is 0 Å². The van der Waals surface area contributed by atoms with Gasteiger partial charge < -0.3 is 4.74 Å². The Hall–Kier alpha value is -1.68. The SMILES string of the molecule is CCOC(=O)NC(=O)CCCCCN=C=O. The summed E-state index contributed by atoms with van der Waals surface area (Å²) in [5.74, 6) is -0.350. The number of carbonyl (C=O) groups excluding carboxylic acids is 3. The molecule has 0 aromatic carbocycles. The molecule has 0 spiro atoms. The summed E-state index contributed by atoms with van der Waals surface area (Å²) >= 11 is 0. The number of amides is 2. The molecule has 1 N–H and O–H groups in total. The van der Waals surface area contributed by atoms with Gasteiger partial charge in [-0.15, -0.1) is 0 Å². The van der Waals surface area contributed by atoms with Crippen molar-refractivity contribution in [1.82, 2.24) is 5.32 Å². The molecule has 0 radical (unpaired) electrons. The number of hydrogen-bond donors (Lipinski definition) is 1. The number of rotatable bonds is 7. The highest BCUT2D eigenvalue weighted by atomic mass is 16.5. The van der Waals surface area contributed by atoms with Crippen molar-refractivity contribution >= 4 is 18.1 Å². The molecule has 0 heterocycles. The van der Waals surface area contributed by atoms with Gasteiger partial charge in [0.05, 0.1) is 13.2 Å². The largest absolute Gasteiger partial charge is 0.450 e. The zero-order valence-corrected chi connectivity index (χ0v) is 9.32. The highest BCUT2D eigenvalue weighted by Crippen LogP contribution is 1.99. The molecular weight excluding hydrogens is 212 g/mol. The molecule has 0 saturated carbocycles. The predicted octanol–water partition coefficient (Wildman–Crippen LogP) is 1.16. The molecule has 2 amide bonds. The lowest BCUT2D eigenvalue weighted by atomic mass is 10.2. The van der Waals surface area contributed by atoms with Crippen molar-refractivity contribution in [2.45, 2.75) is 32.6 Å². The van der Waals surface area contributed by atoms with E-state index in [9.17, 15) is 14.4 Å². The van der Waals surface area contributed by atoms with Crippen LogP contribution < -0.4 is 5.32 Å². The number of unbranched alkanes of at least 4 members (excludes halogenated alkanes) is 2. The van der Waals surface area contributed by atoms with Gasteiger partial charge in [0.15, 0.2) is 0 Å². The van der Waals surface area contributed by atoms with Crippen molar-refractivity contribution in [2.24, 2.45) is 4.99 Å². The molecule has 90 valence electrons. The number of aliphatic imine (C=N–C) groups is 1. The summed E-state index contributed by atoms with van der Waals surface area (Å²) in [4.78, 5) is 35.0.